The quantitative estimate of drug-likeness (QED) is 0.450. The van der Waals surface area contributed by atoms with Crippen molar-refractivity contribution < 1.29 is 25.5 Å². The minimum Gasteiger partial charge on any atom is -0.392 e. The molecule has 0 saturated heterocycles. The summed E-state index contributed by atoms with van der Waals surface area (Å²) in [6.07, 6.45) is 1.91. The van der Waals surface area contributed by atoms with E-state index in [4.69, 9.17) is 0 Å². The molecule has 0 unspecified atom stereocenters. The highest BCUT2D eigenvalue weighted by molar-refractivity contribution is 5.24. The molecule has 25 heavy (non-hydrogen) atoms. The maximum atomic E-state index is 11.7. The second-order valence-corrected chi connectivity index (χ2v) is 10.7. The summed E-state index contributed by atoms with van der Waals surface area (Å²) >= 11 is 0. The predicted molar refractivity (Wildman–Crippen MR) is 92.6 cm³/mol. The zero-order valence-corrected chi connectivity index (χ0v) is 15.9. The highest BCUT2D eigenvalue weighted by Crippen LogP contribution is 2.69. The Morgan fingerprint density at radius 3 is 2.08 bits per heavy atom. The molecule has 9 atom stereocenters. The van der Waals surface area contributed by atoms with Crippen LogP contribution in [0.4, 0.5) is 0 Å². The van der Waals surface area contributed by atoms with Gasteiger partial charge in [-0.25, -0.2) is 0 Å². The molecule has 0 amide bonds. The number of hydrogen-bond donors (Lipinski definition) is 5. The number of hydrogen-bond acceptors (Lipinski definition) is 5. The normalized spacial score (nSPS) is 63.0. The number of rotatable bonds is 0. The maximum Gasteiger partial charge on any atom is 0.104 e. The molecule has 4 aliphatic rings. The van der Waals surface area contributed by atoms with Gasteiger partial charge in [-0.3, -0.25) is 0 Å². The van der Waals surface area contributed by atoms with Gasteiger partial charge in [0.05, 0.1) is 23.4 Å². The molecule has 144 valence electrons. The van der Waals surface area contributed by atoms with Crippen LogP contribution in [0.15, 0.2) is 0 Å². The molecule has 4 fully saturated rings. The van der Waals surface area contributed by atoms with Crippen molar-refractivity contribution in [2.75, 3.05) is 0 Å². The summed E-state index contributed by atoms with van der Waals surface area (Å²) in [5.41, 5.74) is -4.75. The zero-order valence-electron chi connectivity index (χ0n) is 15.9. The van der Waals surface area contributed by atoms with Crippen LogP contribution in [0, 0.1) is 28.6 Å². The minimum atomic E-state index is -1.54. The smallest absolute Gasteiger partial charge is 0.104 e. The van der Waals surface area contributed by atoms with Gasteiger partial charge >= 0.3 is 0 Å². The van der Waals surface area contributed by atoms with Crippen LogP contribution < -0.4 is 0 Å². The average molecular weight is 354 g/mol. The molecular weight excluding hydrogens is 320 g/mol. The fourth-order valence-corrected chi connectivity index (χ4v) is 7.75. The third-order valence-electron chi connectivity index (χ3n) is 9.16. The van der Waals surface area contributed by atoms with Crippen molar-refractivity contribution in [3.8, 4) is 0 Å². The molecule has 0 radical (unpaired) electrons. The van der Waals surface area contributed by atoms with Gasteiger partial charge in [-0.1, -0.05) is 13.8 Å². The van der Waals surface area contributed by atoms with Crippen molar-refractivity contribution in [3.05, 3.63) is 0 Å². The van der Waals surface area contributed by atoms with Crippen LogP contribution in [0.25, 0.3) is 0 Å². The van der Waals surface area contributed by atoms with E-state index < -0.39 is 40.3 Å². The fraction of sp³-hybridized carbons (Fsp3) is 1.00. The average Bonchev–Trinajstić information content (AvgIpc) is 2.77. The van der Waals surface area contributed by atoms with Crippen LogP contribution in [0.5, 0.6) is 0 Å². The van der Waals surface area contributed by atoms with Gasteiger partial charge in [-0.05, 0) is 69.6 Å². The molecule has 5 N–H and O–H groups in total. The van der Waals surface area contributed by atoms with Crippen LogP contribution in [0.2, 0.25) is 0 Å². The third kappa shape index (κ3) is 1.97. The van der Waals surface area contributed by atoms with E-state index >= 15 is 0 Å². The molecule has 4 rings (SSSR count). The summed E-state index contributed by atoms with van der Waals surface area (Å²) in [6, 6.07) is 0. The van der Waals surface area contributed by atoms with Crippen LogP contribution in [-0.2, 0) is 0 Å². The Morgan fingerprint density at radius 2 is 1.44 bits per heavy atom. The van der Waals surface area contributed by atoms with Crippen molar-refractivity contribution in [2.24, 2.45) is 28.6 Å². The summed E-state index contributed by atoms with van der Waals surface area (Å²) in [7, 11) is 0. The van der Waals surface area contributed by atoms with Crippen LogP contribution in [0.3, 0.4) is 0 Å². The van der Waals surface area contributed by atoms with E-state index in [1.54, 1.807) is 20.8 Å². The number of aliphatic hydroxyl groups excluding tert-OH is 2. The number of aliphatic hydroxyl groups is 5. The first-order valence-corrected chi connectivity index (χ1v) is 9.82. The Bertz CT molecular complexity index is 585. The van der Waals surface area contributed by atoms with Crippen LogP contribution in [0.1, 0.15) is 66.2 Å². The molecule has 0 aromatic heterocycles. The summed E-state index contributed by atoms with van der Waals surface area (Å²) in [5.74, 6) is -0.468. The monoisotopic (exact) mass is 354 g/mol. The zero-order chi connectivity index (χ0) is 18.6. The van der Waals surface area contributed by atoms with E-state index in [0.717, 1.165) is 19.3 Å². The van der Waals surface area contributed by atoms with Gasteiger partial charge in [0.2, 0.25) is 0 Å². The predicted octanol–water partition coefficient (Wildman–Crippen LogP) is 1.20. The lowest BCUT2D eigenvalue weighted by Crippen LogP contribution is -2.60. The molecule has 2 bridgehead atoms. The van der Waals surface area contributed by atoms with Crippen LogP contribution >= 0.6 is 0 Å². The van der Waals surface area contributed by atoms with Gasteiger partial charge in [-0.15, -0.1) is 0 Å². The maximum absolute atomic E-state index is 11.7. The van der Waals surface area contributed by atoms with Gasteiger partial charge < -0.3 is 25.5 Å². The van der Waals surface area contributed by atoms with E-state index in [1.807, 2.05) is 6.92 Å². The summed E-state index contributed by atoms with van der Waals surface area (Å²) in [4.78, 5) is 0. The van der Waals surface area contributed by atoms with E-state index in [0.29, 0.717) is 19.3 Å². The minimum absolute atomic E-state index is 0.0833. The largest absolute Gasteiger partial charge is 0.392 e. The molecule has 0 aliphatic heterocycles. The van der Waals surface area contributed by atoms with Crippen molar-refractivity contribution in [2.45, 2.75) is 95.2 Å². The topological polar surface area (TPSA) is 101 Å². The standard InChI is InChI=1S/C20H34O5/c1-16(2)14(21)7-13-18(4,24)12-6-5-11-8-19(12,10-17(11,3)23)9-15(22)20(13,16)25/h11-15,21-25H,5-10H2,1-4H3/t11-,12+,13+,14+,15-,17-,18-,19-,20+/m1/s1. The molecular formula is C20H34O5. The first kappa shape index (κ1) is 18.2. The van der Waals surface area contributed by atoms with Gasteiger partial charge in [-0.2, -0.15) is 0 Å². The molecule has 0 aromatic rings. The van der Waals surface area contributed by atoms with Crippen molar-refractivity contribution in [1.29, 1.82) is 0 Å². The first-order valence-electron chi connectivity index (χ1n) is 9.82. The Kier molecular flexibility index (Phi) is 3.49. The molecule has 0 heterocycles. The molecule has 0 aromatic carbocycles. The summed E-state index contributed by atoms with van der Waals surface area (Å²) in [6.45, 7) is 7.24. The van der Waals surface area contributed by atoms with E-state index in [2.05, 4.69) is 0 Å². The fourth-order valence-electron chi connectivity index (χ4n) is 7.75. The third-order valence-corrected chi connectivity index (χ3v) is 9.16. The van der Waals surface area contributed by atoms with Gasteiger partial charge in [0.25, 0.3) is 0 Å². The lowest BCUT2D eigenvalue weighted by atomic mass is 9.59. The van der Waals surface area contributed by atoms with Gasteiger partial charge in [0.15, 0.2) is 0 Å². The molecule has 5 nitrogen and oxygen atoms in total. The lowest BCUT2D eigenvalue weighted by molar-refractivity contribution is -0.200. The summed E-state index contributed by atoms with van der Waals surface area (Å²) < 4.78 is 0. The molecule has 5 heteroatoms. The van der Waals surface area contributed by atoms with Gasteiger partial charge in [0, 0.05) is 11.3 Å². The lowest BCUT2D eigenvalue weighted by Gasteiger charge is -2.49. The second-order valence-electron chi connectivity index (χ2n) is 10.7. The highest BCUT2D eigenvalue weighted by atomic mass is 16.4. The Labute approximate surface area is 150 Å². The van der Waals surface area contributed by atoms with Crippen molar-refractivity contribution in [1.82, 2.24) is 0 Å². The molecule has 4 aliphatic carbocycles. The van der Waals surface area contributed by atoms with Crippen LogP contribution in [-0.4, -0.2) is 54.5 Å². The first-order chi connectivity index (χ1) is 11.3. The number of fused-ring (bicyclic) bond motifs is 2. The SMILES string of the molecule is CC1(C)[C@@H](O)C[C@H]2[C@](C)(O)[C@@H]3CC[C@@H]4C[C@@]3(C[C@@H](O)[C@@]21O)C[C@@]4(C)O. The Hall–Kier alpha value is -0.200. The van der Waals surface area contributed by atoms with Crippen molar-refractivity contribution in [3.63, 3.8) is 0 Å². The molecule has 4 saturated carbocycles. The summed E-state index contributed by atoms with van der Waals surface area (Å²) in [5, 5.41) is 56.0. The van der Waals surface area contributed by atoms with E-state index in [1.165, 1.54) is 0 Å². The Morgan fingerprint density at radius 1 is 0.800 bits per heavy atom. The second kappa shape index (κ2) is 4.79. The van der Waals surface area contributed by atoms with Gasteiger partial charge in [0.1, 0.15) is 5.60 Å². The highest BCUT2D eigenvalue weighted by Gasteiger charge is 2.74. The van der Waals surface area contributed by atoms with E-state index in [9.17, 15) is 25.5 Å². The van der Waals surface area contributed by atoms with E-state index in [-0.39, 0.29) is 17.3 Å². The van der Waals surface area contributed by atoms with Crippen molar-refractivity contribution >= 4 is 0 Å². The Balaban J connectivity index is 1.86. The molecule has 1 spiro atoms.